The van der Waals surface area contributed by atoms with Crippen LogP contribution in [-0.2, 0) is 15.8 Å². The number of nitrogens with one attached hydrogen (secondary N) is 1. The highest BCUT2D eigenvalue weighted by Crippen LogP contribution is 2.18. The molecule has 0 radical (unpaired) electrons. The normalized spacial score (nSPS) is 14.7. The van der Waals surface area contributed by atoms with E-state index in [4.69, 9.17) is 11.0 Å². The van der Waals surface area contributed by atoms with Crippen molar-refractivity contribution in [1.82, 2.24) is 4.72 Å². The van der Waals surface area contributed by atoms with Crippen LogP contribution in [0.15, 0.2) is 24.3 Å². The molecular formula is C15H23N3O2S. The fourth-order valence-corrected chi connectivity index (χ4v) is 4.00. The molecule has 0 aromatic heterocycles. The van der Waals surface area contributed by atoms with Crippen molar-refractivity contribution in [2.45, 2.75) is 38.5 Å². The maximum atomic E-state index is 12.3. The van der Waals surface area contributed by atoms with Gasteiger partial charge in [-0.15, -0.1) is 0 Å². The molecule has 0 heterocycles. The van der Waals surface area contributed by atoms with Crippen LogP contribution < -0.4 is 10.5 Å². The summed E-state index contributed by atoms with van der Waals surface area (Å²) >= 11 is 0. The summed E-state index contributed by atoms with van der Waals surface area (Å²) in [6, 6.07) is 8.53. The Morgan fingerprint density at radius 1 is 1.33 bits per heavy atom. The quantitative estimate of drug-likeness (QED) is 0.802. The molecule has 1 unspecified atom stereocenters. The van der Waals surface area contributed by atoms with Crippen LogP contribution in [0, 0.1) is 17.2 Å². The van der Waals surface area contributed by atoms with Crippen LogP contribution in [0.25, 0.3) is 0 Å². The smallest absolute Gasteiger partial charge is 0.216 e. The van der Waals surface area contributed by atoms with E-state index in [1.54, 1.807) is 24.3 Å². The van der Waals surface area contributed by atoms with Gasteiger partial charge in [-0.25, -0.2) is 13.1 Å². The van der Waals surface area contributed by atoms with E-state index in [1.807, 2.05) is 26.8 Å². The van der Waals surface area contributed by atoms with E-state index in [2.05, 4.69) is 4.72 Å². The highest BCUT2D eigenvalue weighted by Gasteiger charge is 2.29. The Balaban J connectivity index is 2.83. The zero-order valence-corrected chi connectivity index (χ0v) is 13.6. The van der Waals surface area contributed by atoms with Crippen LogP contribution in [0.5, 0.6) is 0 Å². The van der Waals surface area contributed by atoms with Gasteiger partial charge in [-0.3, -0.25) is 0 Å². The molecule has 0 fully saturated rings. The first-order chi connectivity index (χ1) is 9.69. The lowest BCUT2D eigenvalue weighted by atomic mass is 9.92. The number of rotatable bonds is 7. The highest BCUT2D eigenvalue weighted by atomic mass is 32.2. The van der Waals surface area contributed by atoms with E-state index >= 15 is 0 Å². The van der Waals surface area contributed by atoms with Crippen molar-refractivity contribution in [3.05, 3.63) is 35.4 Å². The number of hydrogen-bond acceptors (Lipinski definition) is 4. The SMILES string of the molecule is CC(C)CC(C)(CN)NS(=O)(=O)Cc1ccc(C#N)cc1. The van der Waals surface area contributed by atoms with Crippen molar-refractivity contribution < 1.29 is 8.42 Å². The maximum absolute atomic E-state index is 12.3. The van der Waals surface area contributed by atoms with Crippen molar-refractivity contribution in [1.29, 1.82) is 5.26 Å². The molecule has 0 saturated carbocycles. The third-order valence-corrected chi connectivity index (χ3v) is 4.67. The summed E-state index contributed by atoms with van der Waals surface area (Å²) < 4.78 is 27.3. The zero-order valence-electron chi connectivity index (χ0n) is 12.8. The third kappa shape index (κ3) is 5.84. The van der Waals surface area contributed by atoms with E-state index in [0.717, 1.165) is 0 Å². The number of hydrogen-bond donors (Lipinski definition) is 2. The Bertz CT molecular complexity index is 603. The highest BCUT2D eigenvalue weighted by molar-refractivity contribution is 7.88. The molecule has 3 N–H and O–H groups in total. The van der Waals surface area contributed by atoms with E-state index in [-0.39, 0.29) is 12.3 Å². The molecule has 1 atom stereocenters. The zero-order chi connectivity index (χ0) is 16.1. The van der Waals surface area contributed by atoms with Crippen LogP contribution in [0.2, 0.25) is 0 Å². The van der Waals surface area contributed by atoms with Gasteiger partial charge < -0.3 is 5.73 Å². The van der Waals surface area contributed by atoms with Gasteiger partial charge >= 0.3 is 0 Å². The molecule has 1 rings (SSSR count). The fourth-order valence-electron chi connectivity index (χ4n) is 2.37. The van der Waals surface area contributed by atoms with E-state index in [0.29, 0.717) is 23.5 Å². The lowest BCUT2D eigenvalue weighted by Gasteiger charge is -2.30. The van der Waals surface area contributed by atoms with Crippen LogP contribution in [0.3, 0.4) is 0 Å². The summed E-state index contributed by atoms with van der Waals surface area (Å²) in [4.78, 5) is 0. The molecule has 6 heteroatoms. The Morgan fingerprint density at radius 2 is 1.90 bits per heavy atom. The van der Waals surface area contributed by atoms with Crippen molar-refractivity contribution >= 4 is 10.0 Å². The topological polar surface area (TPSA) is 96.0 Å². The summed E-state index contributed by atoms with van der Waals surface area (Å²) in [7, 11) is -3.48. The molecule has 0 amide bonds. The van der Waals surface area contributed by atoms with Crippen LogP contribution >= 0.6 is 0 Å². The largest absolute Gasteiger partial charge is 0.329 e. The molecule has 1 aromatic rings. The summed E-state index contributed by atoms with van der Waals surface area (Å²) in [6.07, 6.45) is 0.677. The minimum Gasteiger partial charge on any atom is -0.329 e. The molecule has 0 spiro atoms. The van der Waals surface area contributed by atoms with E-state index < -0.39 is 15.6 Å². The lowest BCUT2D eigenvalue weighted by Crippen LogP contribution is -2.52. The Morgan fingerprint density at radius 3 is 2.33 bits per heavy atom. The molecule has 0 aliphatic carbocycles. The van der Waals surface area contributed by atoms with Gasteiger partial charge in [0.25, 0.3) is 0 Å². The number of benzene rings is 1. The minimum absolute atomic E-state index is 0.119. The first kappa shape index (κ1) is 17.6. The molecule has 0 saturated heterocycles. The monoisotopic (exact) mass is 309 g/mol. The second-order valence-electron chi connectivity index (χ2n) is 6.03. The summed E-state index contributed by atoms with van der Waals surface area (Å²) in [5, 5.41) is 8.74. The van der Waals surface area contributed by atoms with Gasteiger partial charge in [-0.2, -0.15) is 5.26 Å². The summed E-state index contributed by atoms with van der Waals surface area (Å²) in [5.41, 5.74) is 6.25. The minimum atomic E-state index is -3.48. The Hall–Kier alpha value is -1.42. The molecule has 0 aliphatic heterocycles. The molecule has 0 aliphatic rings. The van der Waals surface area contributed by atoms with Gasteiger partial charge in [0.1, 0.15) is 0 Å². The molecule has 5 nitrogen and oxygen atoms in total. The predicted octanol–water partition coefficient (Wildman–Crippen LogP) is 1.74. The fraction of sp³-hybridized carbons (Fsp3) is 0.533. The number of nitrogens with two attached hydrogens (primary N) is 1. The van der Waals surface area contributed by atoms with Gasteiger partial charge in [0.05, 0.1) is 17.4 Å². The van der Waals surface area contributed by atoms with Gasteiger partial charge in [0.2, 0.25) is 10.0 Å². The molecule has 1 aromatic carbocycles. The van der Waals surface area contributed by atoms with Crippen LogP contribution in [-0.4, -0.2) is 20.5 Å². The van der Waals surface area contributed by atoms with Gasteiger partial charge in [-0.05, 0) is 37.0 Å². The number of sulfonamides is 1. The second kappa shape index (κ2) is 7.03. The molecule has 0 bridgehead atoms. The van der Waals surface area contributed by atoms with Crippen molar-refractivity contribution in [3.63, 3.8) is 0 Å². The summed E-state index contributed by atoms with van der Waals surface area (Å²) in [6.45, 7) is 6.13. The maximum Gasteiger partial charge on any atom is 0.216 e. The van der Waals surface area contributed by atoms with E-state index in [1.165, 1.54) is 0 Å². The second-order valence-corrected chi connectivity index (χ2v) is 7.75. The van der Waals surface area contributed by atoms with Crippen molar-refractivity contribution in [2.75, 3.05) is 6.54 Å². The molecule has 116 valence electrons. The average Bonchev–Trinajstić information content (AvgIpc) is 2.37. The predicted molar refractivity (Wildman–Crippen MR) is 83.8 cm³/mol. The van der Waals surface area contributed by atoms with Gasteiger partial charge in [0.15, 0.2) is 0 Å². The first-order valence-electron chi connectivity index (χ1n) is 6.90. The van der Waals surface area contributed by atoms with Gasteiger partial charge in [-0.1, -0.05) is 26.0 Å². The van der Waals surface area contributed by atoms with Crippen LogP contribution in [0.1, 0.15) is 38.3 Å². The number of nitrogens with zero attached hydrogens (tertiary/aromatic N) is 1. The molecular weight excluding hydrogens is 286 g/mol. The third-order valence-electron chi connectivity index (χ3n) is 3.15. The molecule has 21 heavy (non-hydrogen) atoms. The van der Waals surface area contributed by atoms with E-state index in [9.17, 15) is 8.42 Å². The lowest BCUT2D eigenvalue weighted by molar-refractivity contribution is 0.344. The average molecular weight is 309 g/mol. The van der Waals surface area contributed by atoms with Gasteiger partial charge in [0, 0.05) is 12.1 Å². The Labute approximate surface area is 127 Å². The van der Waals surface area contributed by atoms with Crippen molar-refractivity contribution in [3.8, 4) is 6.07 Å². The first-order valence-corrected chi connectivity index (χ1v) is 8.56. The standard InChI is InChI=1S/C15H23N3O2S/c1-12(2)8-15(3,11-17)18-21(19,20)10-14-6-4-13(9-16)5-7-14/h4-7,12,18H,8,10-11,17H2,1-3H3. The Kier molecular flexibility index (Phi) is 5.90. The summed E-state index contributed by atoms with van der Waals surface area (Å²) in [5.74, 6) is 0.225. The van der Waals surface area contributed by atoms with Crippen molar-refractivity contribution in [2.24, 2.45) is 11.7 Å². The number of nitriles is 1. The van der Waals surface area contributed by atoms with Crippen LogP contribution in [0.4, 0.5) is 0 Å².